The van der Waals surface area contributed by atoms with Crippen LogP contribution in [0.5, 0.6) is 0 Å². The molecule has 1 N–H and O–H groups in total. The Bertz CT molecular complexity index is 671. The third kappa shape index (κ3) is 1.90. The smallest absolute Gasteiger partial charge is 0.140 e. The van der Waals surface area contributed by atoms with Gasteiger partial charge in [-0.3, -0.25) is 0 Å². The number of fused-ring (bicyclic) bond motifs is 1. The summed E-state index contributed by atoms with van der Waals surface area (Å²) in [6.07, 6.45) is 1.71. The standard InChI is InChI=1S/C14H14N4O/c1-10-3-2-4-11-12(10)16-9-17-13(11)18-7-14(19,8-18)5-6-15/h2-4,9,19H,5,7-8H2,1H3. The average Bonchev–Trinajstić information content (AvgIpc) is 2.36. The van der Waals surface area contributed by atoms with Gasteiger partial charge in [0.05, 0.1) is 31.1 Å². The summed E-state index contributed by atoms with van der Waals surface area (Å²) < 4.78 is 0. The van der Waals surface area contributed by atoms with Crippen molar-refractivity contribution in [2.24, 2.45) is 0 Å². The van der Waals surface area contributed by atoms with Crippen LogP contribution in [0.1, 0.15) is 12.0 Å². The van der Waals surface area contributed by atoms with Crippen molar-refractivity contribution in [2.75, 3.05) is 18.0 Å². The molecule has 5 heteroatoms. The van der Waals surface area contributed by atoms with Gasteiger partial charge >= 0.3 is 0 Å². The summed E-state index contributed by atoms with van der Waals surface area (Å²) in [4.78, 5) is 10.6. The van der Waals surface area contributed by atoms with Crippen molar-refractivity contribution in [3.8, 4) is 6.07 Å². The maximum Gasteiger partial charge on any atom is 0.140 e. The number of anilines is 1. The number of rotatable bonds is 2. The quantitative estimate of drug-likeness (QED) is 0.877. The van der Waals surface area contributed by atoms with Gasteiger partial charge in [0.2, 0.25) is 0 Å². The van der Waals surface area contributed by atoms with E-state index in [-0.39, 0.29) is 6.42 Å². The van der Waals surface area contributed by atoms with Crippen molar-refractivity contribution in [2.45, 2.75) is 18.9 Å². The number of para-hydroxylation sites is 1. The zero-order valence-corrected chi connectivity index (χ0v) is 10.7. The second-order valence-corrected chi connectivity index (χ2v) is 5.08. The molecule has 0 unspecified atom stereocenters. The second kappa shape index (κ2) is 4.18. The van der Waals surface area contributed by atoms with Crippen LogP contribution in [0.15, 0.2) is 24.5 Å². The Kier molecular flexibility index (Phi) is 2.61. The minimum atomic E-state index is -0.893. The zero-order chi connectivity index (χ0) is 13.5. The fourth-order valence-corrected chi connectivity index (χ4v) is 2.55. The van der Waals surface area contributed by atoms with Gasteiger partial charge < -0.3 is 10.0 Å². The Morgan fingerprint density at radius 3 is 2.95 bits per heavy atom. The van der Waals surface area contributed by atoms with E-state index in [1.807, 2.05) is 36.1 Å². The fourth-order valence-electron chi connectivity index (χ4n) is 2.55. The van der Waals surface area contributed by atoms with Crippen LogP contribution >= 0.6 is 0 Å². The number of aryl methyl sites for hydroxylation is 1. The van der Waals surface area contributed by atoms with Gasteiger partial charge in [-0.15, -0.1) is 0 Å². The van der Waals surface area contributed by atoms with Gasteiger partial charge in [0, 0.05) is 5.39 Å². The largest absolute Gasteiger partial charge is 0.385 e. The van der Waals surface area contributed by atoms with E-state index < -0.39 is 5.60 Å². The number of nitrogens with zero attached hydrogens (tertiary/aromatic N) is 4. The van der Waals surface area contributed by atoms with E-state index in [1.54, 1.807) is 6.33 Å². The summed E-state index contributed by atoms with van der Waals surface area (Å²) in [6, 6.07) is 8.00. The van der Waals surface area contributed by atoms with E-state index in [9.17, 15) is 5.11 Å². The molecule has 1 aromatic carbocycles. The lowest BCUT2D eigenvalue weighted by Crippen LogP contribution is -2.62. The summed E-state index contributed by atoms with van der Waals surface area (Å²) in [5.41, 5.74) is 1.15. The number of nitriles is 1. The summed E-state index contributed by atoms with van der Waals surface area (Å²) in [6.45, 7) is 2.91. The molecule has 0 aliphatic carbocycles. The van der Waals surface area contributed by atoms with Crippen LogP contribution < -0.4 is 4.90 Å². The molecule has 0 bridgehead atoms. The molecule has 0 atom stereocenters. The van der Waals surface area contributed by atoms with E-state index in [4.69, 9.17) is 5.26 Å². The van der Waals surface area contributed by atoms with Crippen molar-refractivity contribution in [1.82, 2.24) is 9.97 Å². The first-order chi connectivity index (χ1) is 9.13. The highest BCUT2D eigenvalue weighted by molar-refractivity contribution is 5.91. The lowest BCUT2D eigenvalue weighted by atomic mass is 9.91. The molecule has 0 saturated carbocycles. The summed E-state index contributed by atoms with van der Waals surface area (Å²) in [5, 5.41) is 19.7. The lowest BCUT2D eigenvalue weighted by Gasteiger charge is -2.46. The Labute approximate surface area is 111 Å². The lowest BCUT2D eigenvalue weighted by molar-refractivity contribution is 0.0164. The van der Waals surface area contributed by atoms with Gasteiger partial charge in [-0.25, -0.2) is 9.97 Å². The van der Waals surface area contributed by atoms with E-state index in [0.29, 0.717) is 13.1 Å². The minimum absolute atomic E-state index is 0.158. The maximum absolute atomic E-state index is 10.1. The minimum Gasteiger partial charge on any atom is -0.385 e. The molecule has 19 heavy (non-hydrogen) atoms. The third-order valence-corrected chi connectivity index (χ3v) is 3.52. The number of benzene rings is 1. The number of hydrogen-bond donors (Lipinski definition) is 1. The molecule has 96 valence electrons. The first kappa shape index (κ1) is 11.9. The van der Waals surface area contributed by atoms with Crippen molar-refractivity contribution in [3.63, 3.8) is 0 Å². The van der Waals surface area contributed by atoms with Crippen LogP contribution in [-0.2, 0) is 0 Å². The topological polar surface area (TPSA) is 73.0 Å². The highest BCUT2D eigenvalue weighted by Gasteiger charge is 2.42. The second-order valence-electron chi connectivity index (χ2n) is 5.08. The van der Waals surface area contributed by atoms with E-state index in [1.165, 1.54) is 0 Å². The maximum atomic E-state index is 10.1. The summed E-state index contributed by atoms with van der Waals surface area (Å²) in [5.74, 6) is 0.830. The molecule has 1 saturated heterocycles. The molecule has 0 radical (unpaired) electrons. The average molecular weight is 254 g/mol. The first-order valence-electron chi connectivity index (χ1n) is 6.18. The van der Waals surface area contributed by atoms with Crippen LogP contribution in [0, 0.1) is 18.3 Å². The Morgan fingerprint density at radius 1 is 1.42 bits per heavy atom. The molecule has 2 aromatic rings. The molecular weight excluding hydrogens is 240 g/mol. The van der Waals surface area contributed by atoms with Crippen molar-refractivity contribution < 1.29 is 5.11 Å². The third-order valence-electron chi connectivity index (χ3n) is 3.52. The molecular formula is C14H14N4O. The monoisotopic (exact) mass is 254 g/mol. The van der Waals surface area contributed by atoms with Gasteiger partial charge in [0.25, 0.3) is 0 Å². The van der Waals surface area contributed by atoms with E-state index in [2.05, 4.69) is 9.97 Å². The fraction of sp³-hybridized carbons (Fsp3) is 0.357. The van der Waals surface area contributed by atoms with Gasteiger partial charge in [0.1, 0.15) is 17.7 Å². The molecule has 1 fully saturated rings. The van der Waals surface area contributed by atoms with Crippen molar-refractivity contribution in [3.05, 3.63) is 30.1 Å². The van der Waals surface area contributed by atoms with Crippen molar-refractivity contribution in [1.29, 1.82) is 5.26 Å². The van der Waals surface area contributed by atoms with E-state index >= 15 is 0 Å². The van der Waals surface area contributed by atoms with Gasteiger partial charge in [-0.2, -0.15) is 5.26 Å². The number of aliphatic hydroxyl groups is 1. The normalized spacial score (nSPS) is 17.0. The molecule has 2 heterocycles. The number of aromatic nitrogens is 2. The first-order valence-corrected chi connectivity index (χ1v) is 6.18. The highest BCUT2D eigenvalue weighted by Crippen LogP contribution is 2.32. The van der Waals surface area contributed by atoms with Crippen LogP contribution in [0.4, 0.5) is 5.82 Å². The summed E-state index contributed by atoms with van der Waals surface area (Å²) in [7, 11) is 0. The Morgan fingerprint density at radius 2 is 2.21 bits per heavy atom. The predicted molar refractivity (Wildman–Crippen MR) is 71.7 cm³/mol. The van der Waals surface area contributed by atoms with Crippen LogP contribution in [-0.4, -0.2) is 33.8 Å². The highest BCUT2D eigenvalue weighted by atomic mass is 16.3. The van der Waals surface area contributed by atoms with Crippen molar-refractivity contribution >= 4 is 16.7 Å². The SMILES string of the molecule is Cc1cccc2c(N3CC(O)(CC#N)C3)ncnc12. The van der Waals surface area contributed by atoms with Gasteiger partial charge in [-0.1, -0.05) is 12.1 Å². The molecule has 0 amide bonds. The van der Waals surface area contributed by atoms with Crippen LogP contribution in [0.2, 0.25) is 0 Å². The molecule has 1 aliphatic heterocycles. The van der Waals surface area contributed by atoms with Crippen LogP contribution in [0.3, 0.4) is 0 Å². The molecule has 1 aromatic heterocycles. The van der Waals surface area contributed by atoms with Gasteiger partial charge in [0.15, 0.2) is 0 Å². The molecule has 3 rings (SSSR count). The molecule has 1 aliphatic rings. The van der Waals surface area contributed by atoms with E-state index in [0.717, 1.165) is 22.3 Å². The number of β-amino-alcohol motifs (C(OH)–C–C–N with tert-alkyl or cyclic N) is 1. The zero-order valence-electron chi connectivity index (χ0n) is 10.7. The van der Waals surface area contributed by atoms with Gasteiger partial charge in [-0.05, 0) is 18.6 Å². The Balaban J connectivity index is 1.96. The summed E-state index contributed by atoms with van der Waals surface area (Å²) >= 11 is 0. The predicted octanol–water partition coefficient (Wildman–Crippen LogP) is 1.40. The molecule has 0 spiro atoms. The van der Waals surface area contributed by atoms with Crippen LogP contribution in [0.25, 0.3) is 10.9 Å². The number of hydrogen-bond acceptors (Lipinski definition) is 5. The molecule has 5 nitrogen and oxygen atoms in total. The Hall–Kier alpha value is -2.19.